The second-order valence-corrected chi connectivity index (χ2v) is 5.81. The van der Waals surface area contributed by atoms with E-state index in [-0.39, 0.29) is 12.4 Å². The van der Waals surface area contributed by atoms with Gasteiger partial charge in [-0.05, 0) is 51.1 Å². The van der Waals surface area contributed by atoms with E-state index in [1.165, 1.54) is 5.56 Å². The smallest absolute Gasteiger partial charge is 0.174 e. The molecule has 0 saturated heterocycles. The van der Waals surface area contributed by atoms with E-state index in [4.69, 9.17) is 10.00 Å². The molecule has 0 amide bonds. The van der Waals surface area contributed by atoms with Crippen LogP contribution in [0.2, 0.25) is 0 Å². The molecule has 0 aliphatic carbocycles. The number of carbonyl (C=O) groups excluding carboxylic acids is 1. The predicted octanol–water partition coefficient (Wildman–Crippen LogP) is 4.35. The molecule has 0 aliphatic heterocycles. The van der Waals surface area contributed by atoms with Crippen LogP contribution in [0.25, 0.3) is 16.6 Å². The number of hydrogen-bond acceptors (Lipinski definition) is 3. The summed E-state index contributed by atoms with van der Waals surface area (Å²) in [6.45, 7) is 5.55. The van der Waals surface area contributed by atoms with E-state index in [0.29, 0.717) is 11.3 Å². The first-order valence-corrected chi connectivity index (χ1v) is 7.75. The third kappa shape index (κ3) is 2.65. The van der Waals surface area contributed by atoms with Gasteiger partial charge >= 0.3 is 0 Å². The second kappa shape index (κ2) is 6.21. The topological polar surface area (TPSA) is 55.0 Å². The van der Waals surface area contributed by atoms with E-state index >= 15 is 0 Å². The van der Waals surface area contributed by atoms with E-state index in [1.807, 2.05) is 50.2 Å². The third-order valence-electron chi connectivity index (χ3n) is 4.12. The van der Waals surface area contributed by atoms with Gasteiger partial charge in [0.15, 0.2) is 12.4 Å². The molecule has 0 N–H and O–H groups in total. The zero-order valence-corrected chi connectivity index (χ0v) is 14.0. The Morgan fingerprint density at radius 3 is 2.50 bits per heavy atom. The molecule has 0 fully saturated rings. The van der Waals surface area contributed by atoms with Crippen molar-refractivity contribution in [3.8, 4) is 17.5 Å². The number of benzene rings is 2. The molecule has 2 aromatic carbocycles. The lowest BCUT2D eigenvalue weighted by atomic mass is 10.1. The number of ether oxygens (including phenoxy) is 1. The van der Waals surface area contributed by atoms with Crippen LogP contribution < -0.4 is 4.74 Å². The maximum absolute atomic E-state index is 12.2. The van der Waals surface area contributed by atoms with Gasteiger partial charge in [0.05, 0.1) is 5.52 Å². The molecule has 0 saturated carbocycles. The lowest BCUT2D eigenvalue weighted by molar-refractivity contribution is 0.101. The van der Waals surface area contributed by atoms with E-state index < -0.39 is 0 Å². The maximum Gasteiger partial charge on any atom is 0.174 e. The molecule has 0 unspecified atom stereocenters. The van der Waals surface area contributed by atoms with Gasteiger partial charge in [-0.25, -0.2) is 0 Å². The molecular weight excluding hydrogens is 300 g/mol. The van der Waals surface area contributed by atoms with Gasteiger partial charge in [-0.3, -0.25) is 4.79 Å². The number of ketones is 1. The highest BCUT2D eigenvalue weighted by Crippen LogP contribution is 2.32. The van der Waals surface area contributed by atoms with Crippen LogP contribution in [0.3, 0.4) is 0 Å². The molecule has 1 heterocycles. The zero-order valence-electron chi connectivity index (χ0n) is 14.0. The van der Waals surface area contributed by atoms with Crippen LogP contribution in [0.15, 0.2) is 42.5 Å². The van der Waals surface area contributed by atoms with Crippen molar-refractivity contribution in [2.45, 2.75) is 20.8 Å². The zero-order chi connectivity index (χ0) is 17.3. The van der Waals surface area contributed by atoms with E-state index in [2.05, 4.69) is 16.7 Å². The second-order valence-electron chi connectivity index (χ2n) is 5.81. The number of aromatic nitrogens is 1. The van der Waals surface area contributed by atoms with Crippen LogP contribution >= 0.6 is 0 Å². The van der Waals surface area contributed by atoms with Crippen LogP contribution in [0, 0.1) is 25.2 Å². The van der Waals surface area contributed by atoms with Crippen LogP contribution in [0.4, 0.5) is 0 Å². The minimum Gasteiger partial charge on any atom is -0.479 e. The number of hydrogen-bond donors (Lipinski definition) is 0. The Labute approximate surface area is 140 Å². The van der Waals surface area contributed by atoms with Crippen molar-refractivity contribution in [1.82, 2.24) is 4.57 Å². The van der Waals surface area contributed by atoms with E-state index in [0.717, 1.165) is 22.3 Å². The van der Waals surface area contributed by atoms with Gasteiger partial charge in [0.25, 0.3) is 0 Å². The standard InChI is InChI=1S/C20H18N2O2/c1-13-4-6-16(7-5-13)22-14(2)20(15(3)23)18-12-17(24-11-10-21)8-9-19(18)22/h4-9,12H,11H2,1-3H3. The summed E-state index contributed by atoms with van der Waals surface area (Å²) < 4.78 is 7.47. The van der Waals surface area contributed by atoms with Crippen LogP contribution in [-0.4, -0.2) is 17.0 Å². The van der Waals surface area contributed by atoms with Gasteiger partial charge in [-0.2, -0.15) is 5.26 Å². The number of fused-ring (bicyclic) bond motifs is 1. The first kappa shape index (κ1) is 15.8. The molecule has 120 valence electrons. The van der Waals surface area contributed by atoms with Gasteiger partial charge < -0.3 is 9.30 Å². The minimum atomic E-state index is -0.0153. The van der Waals surface area contributed by atoms with Crippen LogP contribution in [0.1, 0.15) is 28.5 Å². The monoisotopic (exact) mass is 318 g/mol. The van der Waals surface area contributed by atoms with Crippen LogP contribution in [-0.2, 0) is 0 Å². The maximum atomic E-state index is 12.2. The highest BCUT2D eigenvalue weighted by molar-refractivity contribution is 6.09. The number of carbonyl (C=O) groups is 1. The van der Waals surface area contributed by atoms with Gasteiger partial charge in [0, 0.05) is 22.3 Å². The third-order valence-corrected chi connectivity index (χ3v) is 4.12. The molecule has 4 heteroatoms. The normalized spacial score (nSPS) is 10.6. The highest BCUT2D eigenvalue weighted by atomic mass is 16.5. The SMILES string of the molecule is CC(=O)c1c(C)n(-c2ccc(C)cc2)c2ccc(OCC#N)cc12. The molecule has 4 nitrogen and oxygen atoms in total. The molecule has 24 heavy (non-hydrogen) atoms. The average molecular weight is 318 g/mol. The summed E-state index contributed by atoms with van der Waals surface area (Å²) in [6.07, 6.45) is 0. The molecule has 1 aromatic heterocycles. The van der Waals surface area contributed by atoms with Gasteiger partial charge in [-0.1, -0.05) is 17.7 Å². The Bertz CT molecular complexity index is 960. The number of Topliss-reactive ketones (excluding diaryl/α,β-unsaturated/α-hetero) is 1. The van der Waals surface area contributed by atoms with Crippen molar-refractivity contribution in [3.05, 3.63) is 59.3 Å². The minimum absolute atomic E-state index is 0.0146. The Morgan fingerprint density at radius 1 is 1.17 bits per heavy atom. The summed E-state index contributed by atoms with van der Waals surface area (Å²) >= 11 is 0. The first-order valence-electron chi connectivity index (χ1n) is 7.75. The molecule has 0 bridgehead atoms. The summed E-state index contributed by atoms with van der Waals surface area (Å²) in [5, 5.41) is 9.51. The largest absolute Gasteiger partial charge is 0.479 e. The fourth-order valence-corrected chi connectivity index (χ4v) is 3.07. The van der Waals surface area contributed by atoms with Crippen LogP contribution in [0.5, 0.6) is 5.75 Å². The molecular formula is C20H18N2O2. The Kier molecular flexibility index (Phi) is 4.09. The molecule has 3 aromatic rings. The fraction of sp³-hybridized carbons (Fsp3) is 0.200. The molecule has 0 atom stereocenters. The average Bonchev–Trinajstić information content (AvgIpc) is 2.85. The Balaban J connectivity index is 2.26. The van der Waals surface area contributed by atoms with Crippen molar-refractivity contribution in [2.24, 2.45) is 0 Å². The summed E-state index contributed by atoms with van der Waals surface area (Å²) in [5.41, 5.74) is 4.74. The van der Waals surface area contributed by atoms with Crippen molar-refractivity contribution in [2.75, 3.05) is 6.61 Å². The Morgan fingerprint density at radius 2 is 1.88 bits per heavy atom. The fourth-order valence-electron chi connectivity index (χ4n) is 3.07. The summed E-state index contributed by atoms with van der Waals surface area (Å²) in [7, 11) is 0. The number of nitriles is 1. The van der Waals surface area contributed by atoms with Crippen molar-refractivity contribution in [1.29, 1.82) is 5.26 Å². The van der Waals surface area contributed by atoms with E-state index in [9.17, 15) is 4.79 Å². The van der Waals surface area contributed by atoms with Gasteiger partial charge in [0.2, 0.25) is 0 Å². The Hall–Kier alpha value is -3.06. The predicted molar refractivity (Wildman–Crippen MR) is 93.9 cm³/mol. The summed E-state index contributed by atoms with van der Waals surface area (Å²) in [6, 6.07) is 15.8. The number of aryl methyl sites for hydroxylation is 1. The van der Waals surface area contributed by atoms with Crippen molar-refractivity contribution >= 4 is 16.7 Å². The quantitative estimate of drug-likeness (QED) is 0.672. The summed E-state index contributed by atoms with van der Waals surface area (Å²) in [4.78, 5) is 12.2. The summed E-state index contributed by atoms with van der Waals surface area (Å²) in [5.74, 6) is 0.605. The van der Waals surface area contributed by atoms with E-state index in [1.54, 1.807) is 6.92 Å². The highest BCUT2D eigenvalue weighted by Gasteiger charge is 2.18. The van der Waals surface area contributed by atoms with Gasteiger partial charge in [-0.15, -0.1) is 0 Å². The lowest BCUT2D eigenvalue weighted by Gasteiger charge is -2.09. The molecule has 3 rings (SSSR count). The number of nitrogens with zero attached hydrogens (tertiary/aromatic N) is 2. The molecule has 0 spiro atoms. The van der Waals surface area contributed by atoms with Crippen molar-refractivity contribution < 1.29 is 9.53 Å². The first-order chi connectivity index (χ1) is 11.5. The van der Waals surface area contributed by atoms with Crippen molar-refractivity contribution in [3.63, 3.8) is 0 Å². The number of rotatable bonds is 4. The lowest BCUT2D eigenvalue weighted by Crippen LogP contribution is -1.99. The molecule has 0 aliphatic rings. The molecule has 0 radical (unpaired) electrons. The van der Waals surface area contributed by atoms with Gasteiger partial charge in [0.1, 0.15) is 11.8 Å².